The maximum atomic E-state index is 12.3. The van der Waals surface area contributed by atoms with Crippen molar-refractivity contribution in [2.45, 2.75) is 32.0 Å². The fourth-order valence-electron chi connectivity index (χ4n) is 1.68. The van der Waals surface area contributed by atoms with E-state index in [0.29, 0.717) is 19.0 Å². The molecule has 0 saturated carbocycles. The minimum atomic E-state index is -4.26. The molecule has 1 aromatic rings. The van der Waals surface area contributed by atoms with Crippen molar-refractivity contribution in [1.82, 2.24) is 5.32 Å². The average molecular weight is 260 g/mol. The third-order valence-electron chi connectivity index (χ3n) is 2.79. The van der Waals surface area contributed by atoms with Gasteiger partial charge in [0.2, 0.25) is 0 Å². The van der Waals surface area contributed by atoms with Crippen LogP contribution in [0, 0.1) is 0 Å². The van der Waals surface area contributed by atoms with E-state index in [1.165, 1.54) is 12.1 Å². The Morgan fingerprint density at radius 3 is 2.33 bits per heavy atom. The van der Waals surface area contributed by atoms with Gasteiger partial charge in [0.1, 0.15) is 0 Å². The van der Waals surface area contributed by atoms with Gasteiger partial charge in [-0.2, -0.15) is 13.2 Å². The van der Waals surface area contributed by atoms with Crippen LogP contribution in [-0.2, 0) is 12.6 Å². The van der Waals surface area contributed by atoms with E-state index < -0.39 is 11.7 Å². The van der Waals surface area contributed by atoms with Crippen molar-refractivity contribution in [3.8, 4) is 0 Å². The van der Waals surface area contributed by atoms with Gasteiger partial charge in [-0.1, -0.05) is 12.1 Å². The summed E-state index contributed by atoms with van der Waals surface area (Å²) in [5.41, 5.74) is 5.72. The molecule has 5 heteroatoms. The molecule has 1 unspecified atom stereocenters. The molecule has 0 aliphatic rings. The minimum Gasteiger partial charge on any atom is -0.330 e. The summed E-state index contributed by atoms with van der Waals surface area (Å²) in [7, 11) is 0. The van der Waals surface area contributed by atoms with Crippen LogP contribution in [0.3, 0.4) is 0 Å². The quantitative estimate of drug-likeness (QED) is 0.825. The Kier molecular flexibility index (Phi) is 5.62. The summed E-state index contributed by atoms with van der Waals surface area (Å²) in [6.07, 6.45) is -2.65. The van der Waals surface area contributed by atoms with Crippen molar-refractivity contribution in [1.29, 1.82) is 0 Å². The average Bonchev–Trinajstić information content (AvgIpc) is 2.29. The molecule has 0 aliphatic heterocycles. The Hall–Kier alpha value is -1.07. The summed E-state index contributed by atoms with van der Waals surface area (Å²) in [4.78, 5) is 0. The fraction of sp³-hybridized carbons (Fsp3) is 0.538. The Morgan fingerprint density at radius 1 is 1.22 bits per heavy atom. The molecule has 102 valence electrons. The summed E-state index contributed by atoms with van der Waals surface area (Å²) in [6.45, 7) is 3.42. The predicted molar refractivity (Wildman–Crippen MR) is 66.3 cm³/mol. The van der Waals surface area contributed by atoms with Gasteiger partial charge < -0.3 is 11.1 Å². The van der Waals surface area contributed by atoms with Gasteiger partial charge in [-0.25, -0.2) is 0 Å². The van der Waals surface area contributed by atoms with Crippen LogP contribution in [0.25, 0.3) is 0 Å². The Balaban J connectivity index is 2.40. The molecule has 1 atom stereocenters. The van der Waals surface area contributed by atoms with Gasteiger partial charge in [-0.3, -0.25) is 0 Å². The van der Waals surface area contributed by atoms with E-state index >= 15 is 0 Å². The summed E-state index contributed by atoms with van der Waals surface area (Å²) in [5.74, 6) is 0. The molecule has 0 fully saturated rings. The second-order valence-electron chi connectivity index (χ2n) is 4.38. The van der Waals surface area contributed by atoms with Crippen LogP contribution in [0.5, 0.6) is 0 Å². The van der Waals surface area contributed by atoms with Gasteiger partial charge in [0.15, 0.2) is 0 Å². The monoisotopic (exact) mass is 260 g/mol. The van der Waals surface area contributed by atoms with Crippen molar-refractivity contribution in [3.05, 3.63) is 35.4 Å². The first-order valence-corrected chi connectivity index (χ1v) is 6.03. The van der Waals surface area contributed by atoms with Crippen molar-refractivity contribution in [3.63, 3.8) is 0 Å². The van der Waals surface area contributed by atoms with Gasteiger partial charge in [-0.15, -0.1) is 0 Å². The maximum absolute atomic E-state index is 12.3. The standard InChI is InChI=1S/C13H19F3N2/c1-10(6-8-17)18-9-7-11-2-4-12(5-3-11)13(14,15)16/h2-5,10,18H,6-9,17H2,1H3. The molecule has 0 saturated heterocycles. The van der Waals surface area contributed by atoms with Crippen molar-refractivity contribution in [2.75, 3.05) is 13.1 Å². The first kappa shape index (κ1) is 15.0. The molecule has 1 rings (SSSR count). The van der Waals surface area contributed by atoms with Gasteiger partial charge in [-0.05, 0) is 50.6 Å². The Labute approximate surface area is 105 Å². The number of nitrogens with one attached hydrogen (secondary N) is 1. The molecule has 0 heterocycles. The SMILES string of the molecule is CC(CCN)NCCc1ccc(C(F)(F)F)cc1. The first-order valence-electron chi connectivity index (χ1n) is 6.03. The van der Waals surface area contributed by atoms with E-state index in [1.807, 2.05) is 6.92 Å². The Morgan fingerprint density at radius 2 is 1.83 bits per heavy atom. The number of rotatable bonds is 6. The van der Waals surface area contributed by atoms with Crippen molar-refractivity contribution in [2.24, 2.45) is 5.73 Å². The first-order chi connectivity index (χ1) is 8.43. The fourth-order valence-corrected chi connectivity index (χ4v) is 1.68. The second-order valence-corrected chi connectivity index (χ2v) is 4.38. The molecule has 1 aromatic carbocycles. The van der Waals surface area contributed by atoms with Crippen LogP contribution in [-0.4, -0.2) is 19.1 Å². The van der Waals surface area contributed by atoms with Crippen molar-refractivity contribution < 1.29 is 13.2 Å². The van der Waals surface area contributed by atoms with E-state index in [9.17, 15) is 13.2 Å². The zero-order valence-corrected chi connectivity index (χ0v) is 10.4. The van der Waals surface area contributed by atoms with Crippen LogP contribution in [0.4, 0.5) is 13.2 Å². The van der Waals surface area contributed by atoms with E-state index in [-0.39, 0.29) is 0 Å². The predicted octanol–water partition coefficient (Wildman–Crippen LogP) is 2.57. The largest absolute Gasteiger partial charge is 0.416 e. The maximum Gasteiger partial charge on any atom is 0.416 e. The van der Waals surface area contributed by atoms with Gasteiger partial charge in [0, 0.05) is 6.04 Å². The third kappa shape index (κ3) is 5.06. The number of hydrogen-bond acceptors (Lipinski definition) is 2. The molecule has 0 aromatic heterocycles. The highest BCUT2D eigenvalue weighted by atomic mass is 19.4. The summed E-state index contributed by atoms with van der Waals surface area (Å²) >= 11 is 0. The normalized spacial score (nSPS) is 13.6. The van der Waals surface area contributed by atoms with E-state index in [2.05, 4.69) is 5.32 Å². The van der Waals surface area contributed by atoms with Crippen LogP contribution < -0.4 is 11.1 Å². The highest BCUT2D eigenvalue weighted by Gasteiger charge is 2.29. The van der Waals surface area contributed by atoms with Crippen LogP contribution in [0.15, 0.2) is 24.3 Å². The number of halogens is 3. The highest BCUT2D eigenvalue weighted by molar-refractivity contribution is 5.24. The van der Waals surface area contributed by atoms with Gasteiger partial charge >= 0.3 is 6.18 Å². The van der Waals surface area contributed by atoms with E-state index in [0.717, 1.165) is 30.7 Å². The topological polar surface area (TPSA) is 38.0 Å². The second kappa shape index (κ2) is 6.75. The van der Waals surface area contributed by atoms with Crippen LogP contribution in [0.2, 0.25) is 0 Å². The van der Waals surface area contributed by atoms with Gasteiger partial charge in [0.25, 0.3) is 0 Å². The minimum absolute atomic E-state index is 0.337. The van der Waals surface area contributed by atoms with Crippen LogP contribution >= 0.6 is 0 Å². The molecule has 3 N–H and O–H groups in total. The number of alkyl halides is 3. The number of benzene rings is 1. The third-order valence-corrected chi connectivity index (χ3v) is 2.79. The molecule has 18 heavy (non-hydrogen) atoms. The zero-order valence-electron chi connectivity index (χ0n) is 10.4. The lowest BCUT2D eigenvalue weighted by molar-refractivity contribution is -0.137. The van der Waals surface area contributed by atoms with Gasteiger partial charge in [0.05, 0.1) is 5.56 Å². The highest BCUT2D eigenvalue weighted by Crippen LogP contribution is 2.29. The molecule has 0 aliphatic carbocycles. The molecule has 0 radical (unpaired) electrons. The lowest BCUT2D eigenvalue weighted by atomic mass is 10.1. The van der Waals surface area contributed by atoms with Crippen LogP contribution in [0.1, 0.15) is 24.5 Å². The van der Waals surface area contributed by atoms with E-state index in [4.69, 9.17) is 5.73 Å². The number of hydrogen-bond donors (Lipinski definition) is 2. The van der Waals surface area contributed by atoms with E-state index in [1.54, 1.807) is 0 Å². The summed E-state index contributed by atoms with van der Waals surface area (Å²) < 4.78 is 37.0. The molecular formula is C13H19F3N2. The Bertz CT molecular complexity index is 346. The molecular weight excluding hydrogens is 241 g/mol. The molecule has 2 nitrogen and oxygen atoms in total. The molecule has 0 spiro atoms. The molecule has 0 bridgehead atoms. The summed E-state index contributed by atoms with van der Waals surface area (Å²) in [6, 6.07) is 5.64. The zero-order chi connectivity index (χ0) is 13.6. The smallest absolute Gasteiger partial charge is 0.330 e. The number of nitrogens with two attached hydrogens (primary N) is 1. The lowest BCUT2D eigenvalue weighted by Gasteiger charge is -2.12. The molecule has 0 amide bonds. The summed E-state index contributed by atoms with van der Waals surface area (Å²) in [5, 5.41) is 3.27. The van der Waals surface area contributed by atoms with Crippen molar-refractivity contribution >= 4 is 0 Å². The lowest BCUT2D eigenvalue weighted by Crippen LogP contribution is -2.30.